The standard InChI is InChI=1S/C23H29N5O2/c29-22(26-20-8-2-1-3-9-20)19-7-6-14-28(17-19)23(30)25-16-18-10-11-24-21(15-18)27-12-4-5-13-27/h1-3,8-11,15,19H,4-7,12-14,16-17H2,(H,25,30)(H,26,29). The van der Waals surface area contributed by atoms with Crippen molar-refractivity contribution in [3.8, 4) is 0 Å². The number of urea groups is 1. The highest BCUT2D eigenvalue weighted by atomic mass is 16.2. The zero-order chi connectivity index (χ0) is 20.8. The Morgan fingerprint density at radius 3 is 2.63 bits per heavy atom. The van der Waals surface area contributed by atoms with Crippen LogP contribution < -0.4 is 15.5 Å². The van der Waals surface area contributed by atoms with Gasteiger partial charge in [0.15, 0.2) is 0 Å². The summed E-state index contributed by atoms with van der Waals surface area (Å²) in [6.45, 7) is 3.67. The first kappa shape index (κ1) is 20.2. The number of rotatable bonds is 5. The van der Waals surface area contributed by atoms with Gasteiger partial charge in [-0.2, -0.15) is 0 Å². The van der Waals surface area contributed by atoms with Gasteiger partial charge in [0.25, 0.3) is 0 Å². The molecule has 2 N–H and O–H groups in total. The maximum atomic E-state index is 12.7. The maximum absolute atomic E-state index is 12.7. The highest BCUT2D eigenvalue weighted by molar-refractivity contribution is 5.93. The Bertz CT molecular complexity index is 867. The van der Waals surface area contributed by atoms with Gasteiger partial charge in [-0.1, -0.05) is 18.2 Å². The number of hydrogen-bond donors (Lipinski definition) is 2. The molecule has 2 aliphatic heterocycles. The van der Waals surface area contributed by atoms with Crippen molar-refractivity contribution in [1.82, 2.24) is 15.2 Å². The summed E-state index contributed by atoms with van der Waals surface area (Å²) in [6, 6.07) is 13.3. The molecular formula is C23H29N5O2. The van der Waals surface area contributed by atoms with Crippen LogP contribution in [-0.4, -0.2) is 48.0 Å². The van der Waals surface area contributed by atoms with Crippen molar-refractivity contribution in [2.45, 2.75) is 32.2 Å². The minimum atomic E-state index is -0.188. The Kier molecular flexibility index (Phi) is 6.47. The molecule has 30 heavy (non-hydrogen) atoms. The number of carbonyl (C=O) groups excluding carboxylic acids is 2. The van der Waals surface area contributed by atoms with Crippen LogP contribution in [0.15, 0.2) is 48.7 Å². The molecule has 0 aliphatic carbocycles. The summed E-state index contributed by atoms with van der Waals surface area (Å²) in [5, 5.41) is 5.96. The van der Waals surface area contributed by atoms with Crippen LogP contribution in [0.1, 0.15) is 31.2 Å². The molecule has 0 radical (unpaired) electrons. The fourth-order valence-corrected chi connectivity index (χ4v) is 4.12. The van der Waals surface area contributed by atoms with Crippen LogP contribution in [0.4, 0.5) is 16.3 Å². The molecule has 0 bridgehead atoms. The first-order valence-electron chi connectivity index (χ1n) is 10.8. The smallest absolute Gasteiger partial charge is 0.317 e. The average molecular weight is 408 g/mol. The molecule has 2 fully saturated rings. The Morgan fingerprint density at radius 1 is 1.03 bits per heavy atom. The van der Waals surface area contributed by atoms with E-state index in [1.54, 1.807) is 11.1 Å². The maximum Gasteiger partial charge on any atom is 0.317 e. The van der Waals surface area contributed by atoms with Crippen LogP contribution in [0.2, 0.25) is 0 Å². The molecule has 3 amide bonds. The lowest BCUT2D eigenvalue weighted by molar-refractivity contribution is -0.121. The third kappa shape index (κ3) is 5.09. The van der Waals surface area contributed by atoms with Crippen LogP contribution in [0.3, 0.4) is 0 Å². The molecule has 2 aliphatic rings. The van der Waals surface area contributed by atoms with Crippen LogP contribution in [0, 0.1) is 5.92 Å². The van der Waals surface area contributed by atoms with E-state index in [9.17, 15) is 9.59 Å². The van der Waals surface area contributed by atoms with E-state index in [-0.39, 0.29) is 17.9 Å². The predicted molar refractivity (Wildman–Crippen MR) is 117 cm³/mol. The van der Waals surface area contributed by atoms with Crippen LogP contribution in [-0.2, 0) is 11.3 Å². The molecular weight excluding hydrogens is 378 g/mol. The Hall–Kier alpha value is -3.09. The van der Waals surface area contributed by atoms with Crippen molar-refractivity contribution in [3.63, 3.8) is 0 Å². The second-order valence-electron chi connectivity index (χ2n) is 8.02. The van der Waals surface area contributed by atoms with Gasteiger partial charge in [-0.05, 0) is 55.5 Å². The number of carbonyl (C=O) groups is 2. The number of pyridine rings is 1. The predicted octanol–water partition coefficient (Wildman–Crippen LogP) is 3.24. The van der Waals surface area contributed by atoms with Crippen LogP contribution >= 0.6 is 0 Å². The molecule has 1 atom stereocenters. The van der Waals surface area contributed by atoms with Gasteiger partial charge in [0.1, 0.15) is 5.82 Å². The summed E-state index contributed by atoms with van der Waals surface area (Å²) in [7, 11) is 0. The Balaban J connectivity index is 1.29. The van der Waals surface area contributed by atoms with Gasteiger partial charge in [0.2, 0.25) is 5.91 Å². The lowest BCUT2D eigenvalue weighted by atomic mass is 9.97. The molecule has 7 heteroatoms. The highest BCUT2D eigenvalue weighted by Crippen LogP contribution is 2.20. The molecule has 1 aromatic heterocycles. The number of amides is 3. The van der Waals surface area contributed by atoms with E-state index in [1.165, 1.54) is 12.8 Å². The van der Waals surface area contributed by atoms with Crippen LogP contribution in [0.5, 0.6) is 0 Å². The fraction of sp³-hybridized carbons (Fsp3) is 0.435. The van der Waals surface area contributed by atoms with Gasteiger partial charge in [-0.25, -0.2) is 9.78 Å². The summed E-state index contributed by atoms with van der Waals surface area (Å²) in [5.41, 5.74) is 1.83. The van der Waals surface area contributed by atoms with Gasteiger partial charge in [0.05, 0.1) is 5.92 Å². The molecule has 2 aromatic rings. The average Bonchev–Trinajstić information content (AvgIpc) is 3.33. The first-order chi connectivity index (χ1) is 14.7. The normalized spacial score (nSPS) is 18.9. The van der Waals surface area contributed by atoms with E-state index in [1.807, 2.05) is 36.4 Å². The second kappa shape index (κ2) is 9.61. The molecule has 4 rings (SSSR count). The van der Waals surface area contributed by atoms with Gasteiger partial charge in [-0.15, -0.1) is 0 Å². The topological polar surface area (TPSA) is 77.6 Å². The fourth-order valence-electron chi connectivity index (χ4n) is 4.12. The van der Waals surface area contributed by atoms with Gasteiger partial charge >= 0.3 is 6.03 Å². The minimum Gasteiger partial charge on any atom is -0.357 e. The number of anilines is 2. The number of hydrogen-bond acceptors (Lipinski definition) is 4. The molecule has 0 spiro atoms. The van der Waals surface area contributed by atoms with Gasteiger partial charge in [-0.3, -0.25) is 4.79 Å². The number of nitrogens with one attached hydrogen (secondary N) is 2. The number of aromatic nitrogens is 1. The molecule has 1 unspecified atom stereocenters. The van der Waals surface area contributed by atoms with E-state index in [0.29, 0.717) is 19.6 Å². The van der Waals surface area contributed by atoms with E-state index < -0.39 is 0 Å². The summed E-state index contributed by atoms with van der Waals surface area (Å²) < 4.78 is 0. The third-order valence-corrected chi connectivity index (χ3v) is 5.80. The van der Waals surface area contributed by atoms with E-state index in [4.69, 9.17) is 0 Å². The highest BCUT2D eigenvalue weighted by Gasteiger charge is 2.28. The summed E-state index contributed by atoms with van der Waals surface area (Å²) in [4.78, 5) is 33.8. The molecule has 2 saturated heterocycles. The number of piperidine rings is 1. The minimum absolute atomic E-state index is 0.0249. The molecule has 1 aromatic carbocycles. The van der Waals surface area contributed by atoms with E-state index in [2.05, 4.69) is 26.6 Å². The monoisotopic (exact) mass is 407 g/mol. The molecule has 7 nitrogen and oxygen atoms in total. The third-order valence-electron chi connectivity index (χ3n) is 5.80. The zero-order valence-electron chi connectivity index (χ0n) is 17.2. The van der Waals surface area contributed by atoms with E-state index in [0.717, 1.165) is 43.0 Å². The van der Waals surface area contributed by atoms with Gasteiger partial charge in [0, 0.05) is 44.6 Å². The lowest BCUT2D eigenvalue weighted by Gasteiger charge is -2.32. The zero-order valence-corrected chi connectivity index (χ0v) is 17.2. The van der Waals surface area contributed by atoms with Crippen molar-refractivity contribution in [1.29, 1.82) is 0 Å². The molecule has 0 saturated carbocycles. The number of benzene rings is 1. The van der Waals surface area contributed by atoms with Crippen molar-refractivity contribution >= 4 is 23.4 Å². The van der Waals surface area contributed by atoms with Gasteiger partial charge < -0.3 is 20.4 Å². The number of para-hydroxylation sites is 1. The lowest BCUT2D eigenvalue weighted by Crippen LogP contribution is -2.47. The quantitative estimate of drug-likeness (QED) is 0.798. The van der Waals surface area contributed by atoms with Crippen molar-refractivity contribution in [2.75, 3.05) is 36.4 Å². The Morgan fingerprint density at radius 2 is 1.83 bits per heavy atom. The SMILES string of the molecule is O=C(Nc1ccccc1)C1CCCN(C(=O)NCc2ccnc(N3CCCC3)c2)C1. The summed E-state index contributed by atoms with van der Waals surface area (Å²) in [5.74, 6) is 0.769. The second-order valence-corrected chi connectivity index (χ2v) is 8.02. The molecule has 158 valence electrons. The molecule has 3 heterocycles. The van der Waals surface area contributed by atoms with Crippen LogP contribution in [0.25, 0.3) is 0 Å². The van der Waals surface area contributed by atoms with Crippen molar-refractivity contribution in [2.24, 2.45) is 5.92 Å². The summed E-state index contributed by atoms with van der Waals surface area (Å²) >= 11 is 0. The first-order valence-corrected chi connectivity index (χ1v) is 10.8. The van der Waals surface area contributed by atoms with E-state index >= 15 is 0 Å². The number of likely N-dealkylation sites (tertiary alicyclic amines) is 1. The van der Waals surface area contributed by atoms with Crippen molar-refractivity contribution < 1.29 is 9.59 Å². The Labute approximate surface area is 177 Å². The number of nitrogens with zero attached hydrogens (tertiary/aromatic N) is 3. The van der Waals surface area contributed by atoms with Crippen molar-refractivity contribution in [3.05, 3.63) is 54.2 Å². The largest absolute Gasteiger partial charge is 0.357 e. The summed E-state index contributed by atoms with van der Waals surface area (Å²) in [6.07, 6.45) is 5.84.